The summed E-state index contributed by atoms with van der Waals surface area (Å²) < 4.78 is 11.5. The maximum atomic E-state index is 9.89. The van der Waals surface area contributed by atoms with Crippen molar-refractivity contribution in [1.29, 1.82) is 1.12 Å². The predicted octanol–water partition coefficient (Wildman–Crippen LogP) is 2.30. The second-order valence-corrected chi connectivity index (χ2v) is 3.27. The Morgan fingerprint density at radius 1 is 1.58 bits per heavy atom. The molecule has 0 aliphatic carbocycles. The first-order chi connectivity index (χ1) is 6.36. The van der Waals surface area contributed by atoms with Crippen molar-refractivity contribution in [3.8, 4) is 0 Å². The van der Waals surface area contributed by atoms with Gasteiger partial charge in [-0.2, -0.15) is 0 Å². The van der Waals surface area contributed by atoms with Crippen LogP contribution >= 0.6 is 22.4 Å². The van der Waals surface area contributed by atoms with Gasteiger partial charge < -0.3 is 4.74 Å². The van der Waals surface area contributed by atoms with Crippen LogP contribution in [0.15, 0.2) is 29.2 Å². The Kier molecular flexibility index (Phi) is 3.41. The van der Waals surface area contributed by atoms with E-state index in [-0.39, 0.29) is 0 Å². The lowest BCUT2D eigenvalue weighted by Crippen LogP contribution is -1.88. The van der Waals surface area contributed by atoms with Crippen molar-refractivity contribution < 1.29 is 9.53 Å². The first-order valence-electron chi connectivity index (χ1n) is 3.71. The molecule has 2 nitrogen and oxygen atoms in total. The van der Waals surface area contributed by atoms with Crippen LogP contribution in [0.5, 0.6) is 0 Å². The van der Waals surface area contributed by atoms with E-state index in [9.17, 15) is 4.79 Å². The van der Waals surface area contributed by atoms with Gasteiger partial charge in [-0.05, 0) is 17.7 Å². The molecule has 0 amide bonds. The molecule has 0 saturated carbocycles. The Hall–Kier alpha value is -0.610. The summed E-state index contributed by atoms with van der Waals surface area (Å²) in [5, 5.41) is 0. The second kappa shape index (κ2) is 5.11. The van der Waals surface area contributed by atoms with Crippen molar-refractivity contribution in [1.82, 2.24) is 0 Å². The smallest absolute Gasteiger partial charge is 0.293 e. The molecule has 0 saturated heterocycles. The zero-order valence-corrected chi connectivity index (χ0v) is 7.86. The van der Waals surface area contributed by atoms with E-state index in [4.69, 9.17) is 1.12 Å². The number of rotatable bonds is 5. The maximum Gasteiger partial charge on any atom is 0.293 e. The average molecular weight is 201 g/mol. The molecule has 12 heavy (non-hydrogen) atoms. The molecule has 0 atom stereocenters. The molecule has 0 N–H and O–H groups in total. The van der Waals surface area contributed by atoms with Crippen LogP contribution in [0, 0.1) is 0 Å². The van der Waals surface area contributed by atoms with E-state index in [0.717, 1.165) is 22.0 Å². The van der Waals surface area contributed by atoms with Gasteiger partial charge in [0.05, 0.1) is 0 Å². The Balaban J connectivity index is 2.53. The molecule has 1 aromatic rings. The van der Waals surface area contributed by atoms with Crippen molar-refractivity contribution in [2.75, 3.05) is 0 Å². The summed E-state index contributed by atoms with van der Waals surface area (Å²) in [5.74, 6) is 0. The summed E-state index contributed by atoms with van der Waals surface area (Å²) in [4.78, 5) is 10.9. The van der Waals surface area contributed by atoms with Gasteiger partial charge >= 0.3 is 0 Å². The van der Waals surface area contributed by atoms with Gasteiger partial charge in [-0.1, -0.05) is 22.9 Å². The van der Waals surface area contributed by atoms with Gasteiger partial charge in [0, 0.05) is 4.90 Å². The van der Waals surface area contributed by atoms with E-state index in [1.807, 2.05) is 24.3 Å². The van der Waals surface area contributed by atoms with Crippen molar-refractivity contribution in [3.05, 3.63) is 29.8 Å². The Bertz CT molecular complexity index is 263. The minimum absolute atomic E-state index is 0.308. The van der Waals surface area contributed by atoms with Crippen LogP contribution in [0.2, 0.25) is 0 Å². The van der Waals surface area contributed by atoms with E-state index >= 15 is 0 Å². The molecule has 64 valence electrons. The quantitative estimate of drug-likeness (QED) is 0.450. The molecule has 1 aromatic carbocycles. The number of ether oxygens (including phenoxy) is 1. The van der Waals surface area contributed by atoms with Crippen LogP contribution in [0.25, 0.3) is 0 Å². The molecule has 0 fully saturated rings. The van der Waals surface area contributed by atoms with Gasteiger partial charge in [-0.15, -0.1) is 11.6 Å². The number of hydrogen-bond acceptors (Lipinski definition) is 4. The van der Waals surface area contributed by atoms with E-state index in [2.05, 4.69) is 4.74 Å². The molecule has 0 radical (unpaired) electrons. The van der Waals surface area contributed by atoms with Gasteiger partial charge in [0.15, 0.2) is 0 Å². The Morgan fingerprint density at radius 2 is 2.33 bits per heavy atom. The maximum absolute atomic E-state index is 9.89. The highest BCUT2D eigenvalue weighted by molar-refractivity contribution is 8.68. The largest absolute Gasteiger partial charge is 0.463 e. The molecule has 0 bridgehead atoms. The highest BCUT2D eigenvalue weighted by Gasteiger charge is 1.93. The van der Waals surface area contributed by atoms with Crippen LogP contribution in [-0.2, 0) is 16.1 Å². The molecule has 0 spiro atoms. The topological polar surface area (TPSA) is 26.3 Å². The number of hydrogen-bond donors (Lipinski definition) is 1. The molecule has 0 aromatic heterocycles. The lowest BCUT2D eigenvalue weighted by molar-refractivity contribution is -0.129. The Morgan fingerprint density at radius 3 is 2.92 bits per heavy atom. The van der Waals surface area contributed by atoms with Crippen molar-refractivity contribution in [2.45, 2.75) is 11.5 Å². The lowest BCUT2D eigenvalue weighted by atomic mass is 10.2. The predicted molar refractivity (Wildman–Crippen MR) is 52.1 cm³/mol. The van der Waals surface area contributed by atoms with Crippen LogP contribution in [0.4, 0.5) is 0 Å². The first-order valence-corrected chi connectivity index (χ1v) is 5.05. The Labute approximate surface area is 81.2 Å². The molecular weight excluding hydrogens is 192 g/mol. The number of carbonyl (C=O) groups excluding carboxylic acids is 1. The molecule has 0 heterocycles. The SMILES string of the molecule is [2H]SSc1ccc(COC=O)cc1. The van der Waals surface area contributed by atoms with Gasteiger partial charge in [0.1, 0.15) is 7.73 Å². The molecule has 1 rings (SSSR count). The van der Waals surface area contributed by atoms with E-state index in [1.54, 1.807) is 0 Å². The molecule has 0 unspecified atom stereocenters. The van der Waals surface area contributed by atoms with Crippen molar-refractivity contribution >= 4 is 28.8 Å². The van der Waals surface area contributed by atoms with E-state index < -0.39 is 0 Å². The third kappa shape index (κ3) is 2.79. The van der Waals surface area contributed by atoms with Crippen molar-refractivity contribution in [3.63, 3.8) is 0 Å². The zero-order chi connectivity index (χ0) is 9.52. The number of benzene rings is 1. The summed E-state index contributed by atoms with van der Waals surface area (Å²) in [7, 11) is 1.38. The summed E-state index contributed by atoms with van der Waals surface area (Å²) in [6.45, 7) is 0.741. The number of thiol groups is 1. The van der Waals surface area contributed by atoms with E-state index in [0.29, 0.717) is 13.1 Å². The van der Waals surface area contributed by atoms with Crippen LogP contribution in [0.1, 0.15) is 5.56 Å². The number of carbonyl (C=O) groups is 1. The van der Waals surface area contributed by atoms with Gasteiger partial charge in [-0.25, -0.2) is 0 Å². The third-order valence-electron chi connectivity index (χ3n) is 1.34. The fourth-order valence-corrected chi connectivity index (χ4v) is 1.35. The first kappa shape index (κ1) is 8.01. The minimum Gasteiger partial charge on any atom is -0.463 e. The fraction of sp³-hybridized carbons (Fsp3) is 0.125. The van der Waals surface area contributed by atoms with Crippen LogP contribution < -0.4 is 0 Å². The fourth-order valence-electron chi connectivity index (χ4n) is 0.771. The molecule has 0 aliphatic heterocycles. The lowest BCUT2D eigenvalue weighted by Gasteiger charge is -1.99. The highest BCUT2D eigenvalue weighted by atomic mass is 33.1. The van der Waals surface area contributed by atoms with Crippen LogP contribution in [-0.4, -0.2) is 7.60 Å². The summed E-state index contributed by atoms with van der Waals surface area (Å²) in [6.07, 6.45) is 0. The second-order valence-electron chi connectivity index (χ2n) is 2.13. The molecular formula is C8H8O2S2. The summed E-state index contributed by atoms with van der Waals surface area (Å²) in [6, 6.07) is 7.55. The molecule has 0 aliphatic rings. The van der Waals surface area contributed by atoms with E-state index in [1.165, 1.54) is 10.8 Å². The summed E-state index contributed by atoms with van der Waals surface area (Å²) >= 11 is 0.958. The van der Waals surface area contributed by atoms with Crippen LogP contribution in [0.3, 0.4) is 0 Å². The average Bonchev–Trinajstić information content (AvgIpc) is 2.17. The minimum atomic E-state index is 0.308. The van der Waals surface area contributed by atoms with Gasteiger partial charge in [-0.3, -0.25) is 4.79 Å². The molecule has 4 heteroatoms. The normalized spacial score (nSPS) is 10.5. The van der Waals surface area contributed by atoms with Gasteiger partial charge in [0.25, 0.3) is 6.47 Å². The van der Waals surface area contributed by atoms with Gasteiger partial charge in [0.2, 0.25) is 0 Å². The third-order valence-corrected chi connectivity index (χ3v) is 2.38. The standard InChI is InChI=1S/C8H8O2S2/c9-6-10-5-7-1-3-8(12-11)4-2-7/h1-4,6,11H,5H2/i/hD. The van der Waals surface area contributed by atoms with Crippen molar-refractivity contribution in [2.24, 2.45) is 0 Å². The zero-order valence-electron chi connectivity index (χ0n) is 7.23. The summed E-state index contributed by atoms with van der Waals surface area (Å²) in [5.41, 5.74) is 0.950. The highest BCUT2D eigenvalue weighted by Crippen LogP contribution is 2.21. The monoisotopic (exact) mass is 201 g/mol.